The van der Waals surface area contributed by atoms with Crippen molar-refractivity contribution in [3.63, 3.8) is 0 Å². The van der Waals surface area contributed by atoms with Crippen LogP contribution in [0.3, 0.4) is 0 Å². The number of hydrogen-bond acceptors (Lipinski definition) is 2. The van der Waals surface area contributed by atoms with Crippen LogP contribution in [-0.2, 0) is 0 Å². The minimum atomic E-state index is -0.939. The highest BCUT2D eigenvalue weighted by atomic mass is 16.4. The first-order valence-electron chi connectivity index (χ1n) is 6.04. The number of carbonyl (C=O) groups is 1. The molecule has 0 amide bonds. The standard InChI is InChI=1S/C16H10N2O2/c17-10-11-2-1-3-14(8-11)18-7-6-12-9-13(16(19)20)4-5-15(12)18/h1-9H,(H,19,20). The van der Waals surface area contributed by atoms with Crippen molar-refractivity contribution < 1.29 is 9.90 Å². The summed E-state index contributed by atoms with van der Waals surface area (Å²) in [5.74, 6) is -0.939. The van der Waals surface area contributed by atoms with Gasteiger partial charge in [-0.05, 0) is 42.5 Å². The van der Waals surface area contributed by atoms with Gasteiger partial charge in [-0.25, -0.2) is 4.79 Å². The van der Waals surface area contributed by atoms with E-state index in [0.717, 1.165) is 16.6 Å². The van der Waals surface area contributed by atoms with E-state index in [-0.39, 0.29) is 5.56 Å². The number of carboxylic acids is 1. The van der Waals surface area contributed by atoms with Gasteiger partial charge in [0.1, 0.15) is 0 Å². The predicted molar refractivity (Wildman–Crippen MR) is 74.9 cm³/mol. The Labute approximate surface area is 115 Å². The summed E-state index contributed by atoms with van der Waals surface area (Å²) < 4.78 is 1.93. The fourth-order valence-corrected chi connectivity index (χ4v) is 2.23. The van der Waals surface area contributed by atoms with E-state index < -0.39 is 5.97 Å². The molecule has 0 aliphatic heterocycles. The normalized spacial score (nSPS) is 10.3. The summed E-state index contributed by atoms with van der Waals surface area (Å²) in [6.45, 7) is 0. The summed E-state index contributed by atoms with van der Waals surface area (Å²) in [7, 11) is 0. The summed E-state index contributed by atoms with van der Waals surface area (Å²) in [4.78, 5) is 11.0. The fraction of sp³-hybridized carbons (Fsp3) is 0. The number of aromatic carboxylic acids is 1. The summed E-state index contributed by atoms with van der Waals surface area (Å²) >= 11 is 0. The first-order valence-corrected chi connectivity index (χ1v) is 6.04. The number of rotatable bonds is 2. The van der Waals surface area contributed by atoms with Crippen molar-refractivity contribution in [2.45, 2.75) is 0 Å². The maximum absolute atomic E-state index is 11.0. The zero-order valence-electron chi connectivity index (χ0n) is 10.4. The molecule has 20 heavy (non-hydrogen) atoms. The zero-order chi connectivity index (χ0) is 14.1. The molecule has 0 saturated heterocycles. The quantitative estimate of drug-likeness (QED) is 0.771. The molecule has 0 aliphatic carbocycles. The highest BCUT2D eigenvalue weighted by molar-refractivity contribution is 5.94. The smallest absolute Gasteiger partial charge is 0.335 e. The maximum Gasteiger partial charge on any atom is 0.335 e. The second kappa shape index (κ2) is 4.56. The van der Waals surface area contributed by atoms with E-state index in [1.807, 2.05) is 29.0 Å². The van der Waals surface area contributed by atoms with E-state index in [0.29, 0.717) is 5.56 Å². The van der Waals surface area contributed by atoms with Crippen LogP contribution in [-0.4, -0.2) is 15.6 Å². The zero-order valence-corrected chi connectivity index (χ0v) is 10.4. The number of nitriles is 1. The number of aromatic nitrogens is 1. The van der Waals surface area contributed by atoms with Crippen molar-refractivity contribution in [1.82, 2.24) is 4.57 Å². The van der Waals surface area contributed by atoms with Crippen molar-refractivity contribution >= 4 is 16.9 Å². The van der Waals surface area contributed by atoms with Crippen LogP contribution in [0.4, 0.5) is 0 Å². The van der Waals surface area contributed by atoms with E-state index in [1.54, 1.807) is 30.3 Å². The predicted octanol–water partition coefficient (Wildman–Crippen LogP) is 3.20. The molecule has 0 spiro atoms. The molecule has 2 aromatic carbocycles. The Morgan fingerprint density at radius 2 is 2.00 bits per heavy atom. The van der Waals surface area contributed by atoms with Crippen LogP contribution in [0.15, 0.2) is 54.7 Å². The van der Waals surface area contributed by atoms with Crippen molar-refractivity contribution in [2.75, 3.05) is 0 Å². The number of carboxylic acid groups (broad SMARTS) is 1. The van der Waals surface area contributed by atoms with Gasteiger partial charge in [-0.2, -0.15) is 5.26 Å². The van der Waals surface area contributed by atoms with Gasteiger partial charge in [0, 0.05) is 17.3 Å². The summed E-state index contributed by atoms with van der Waals surface area (Å²) in [5.41, 5.74) is 2.64. The highest BCUT2D eigenvalue weighted by Gasteiger charge is 2.07. The molecule has 0 atom stereocenters. The molecule has 0 unspecified atom stereocenters. The monoisotopic (exact) mass is 262 g/mol. The second-order valence-electron chi connectivity index (χ2n) is 4.43. The lowest BCUT2D eigenvalue weighted by Gasteiger charge is -2.06. The minimum absolute atomic E-state index is 0.265. The molecule has 0 radical (unpaired) electrons. The molecule has 0 bridgehead atoms. The van der Waals surface area contributed by atoms with E-state index in [4.69, 9.17) is 10.4 Å². The molecule has 4 heteroatoms. The molecule has 0 aliphatic rings. The topological polar surface area (TPSA) is 66.0 Å². The third kappa shape index (κ3) is 1.91. The first kappa shape index (κ1) is 12.0. The number of fused-ring (bicyclic) bond motifs is 1. The first-order chi connectivity index (χ1) is 9.69. The van der Waals surface area contributed by atoms with E-state index in [1.165, 1.54) is 0 Å². The molecule has 3 rings (SSSR count). The molecule has 1 aromatic heterocycles. The molecule has 0 saturated carbocycles. The number of nitrogens with zero attached hydrogens (tertiary/aromatic N) is 2. The Hall–Kier alpha value is -3.06. The molecule has 0 fully saturated rings. The van der Waals surface area contributed by atoms with Gasteiger partial charge in [-0.1, -0.05) is 6.07 Å². The Morgan fingerprint density at radius 3 is 2.75 bits per heavy atom. The number of hydrogen-bond donors (Lipinski definition) is 1. The average molecular weight is 262 g/mol. The van der Waals surface area contributed by atoms with Gasteiger partial charge in [-0.15, -0.1) is 0 Å². The lowest BCUT2D eigenvalue weighted by Crippen LogP contribution is -1.96. The van der Waals surface area contributed by atoms with Crippen LogP contribution in [0.25, 0.3) is 16.6 Å². The molecule has 1 N–H and O–H groups in total. The molecular formula is C16H10N2O2. The van der Waals surface area contributed by atoms with E-state index in [2.05, 4.69) is 6.07 Å². The number of benzene rings is 2. The van der Waals surface area contributed by atoms with Crippen LogP contribution in [0.2, 0.25) is 0 Å². The molecule has 4 nitrogen and oxygen atoms in total. The highest BCUT2D eigenvalue weighted by Crippen LogP contribution is 2.22. The van der Waals surface area contributed by atoms with Crippen LogP contribution < -0.4 is 0 Å². The molecule has 1 heterocycles. The third-order valence-corrected chi connectivity index (χ3v) is 3.19. The van der Waals surface area contributed by atoms with Crippen LogP contribution in [0.5, 0.6) is 0 Å². The Kier molecular flexibility index (Phi) is 2.73. The third-order valence-electron chi connectivity index (χ3n) is 3.19. The molecule has 3 aromatic rings. The molecule has 96 valence electrons. The van der Waals surface area contributed by atoms with Crippen molar-refractivity contribution in [3.05, 3.63) is 65.9 Å². The van der Waals surface area contributed by atoms with E-state index >= 15 is 0 Å². The van der Waals surface area contributed by atoms with Crippen molar-refractivity contribution in [1.29, 1.82) is 5.26 Å². The van der Waals surface area contributed by atoms with Gasteiger partial charge in [0.05, 0.1) is 22.7 Å². The van der Waals surface area contributed by atoms with Gasteiger partial charge < -0.3 is 9.67 Å². The maximum atomic E-state index is 11.0. The van der Waals surface area contributed by atoms with Gasteiger partial charge in [0.25, 0.3) is 0 Å². The summed E-state index contributed by atoms with van der Waals surface area (Å²) in [6.07, 6.45) is 1.87. The Morgan fingerprint density at radius 1 is 1.15 bits per heavy atom. The van der Waals surface area contributed by atoms with Crippen LogP contribution >= 0.6 is 0 Å². The minimum Gasteiger partial charge on any atom is -0.478 e. The Balaban J connectivity index is 2.17. The average Bonchev–Trinajstić information content (AvgIpc) is 2.90. The van der Waals surface area contributed by atoms with Crippen molar-refractivity contribution in [2.24, 2.45) is 0 Å². The summed E-state index contributed by atoms with van der Waals surface area (Å²) in [6, 6.07) is 16.2. The van der Waals surface area contributed by atoms with Crippen LogP contribution in [0.1, 0.15) is 15.9 Å². The van der Waals surface area contributed by atoms with Crippen molar-refractivity contribution in [3.8, 4) is 11.8 Å². The van der Waals surface area contributed by atoms with Gasteiger partial charge in [-0.3, -0.25) is 0 Å². The van der Waals surface area contributed by atoms with Gasteiger partial charge in [0.15, 0.2) is 0 Å². The second-order valence-corrected chi connectivity index (χ2v) is 4.43. The van der Waals surface area contributed by atoms with Gasteiger partial charge in [0.2, 0.25) is 0 Å². The van der Waals surface area contributed by atoms with Crippen LogP contribution in [0, 0.1) is 11.3 Å². The Bertz CT molecular complexity index is 856. The SMILES string of the molecule is N#Cc1cccc(-n2ccc3cc(C(=O)O)ccc32)c1. The lowest BCUT2D eigenvalue weighted by atomic mass is 10.1. The largest absolute Gasteiger partial charge is 0.478 e. The fourth-order valence-electron chi connectivity index (χ4n) is 2.23. The molecular weight excluding hydrogens is 252 g/mol. The van der Waals surface area contributed by atoms with E-state index in [9.17, 15) is 4.79 Å². The van der Waals surface area contributed by atoms with Gasteiger partial charge >= 0.3 is 5.97 Å². The summed E-state index contributed by atoms with van der Waals surface area (Å²) in [5, 5.41) is 18.8. The lowest BCUT2D eigenvalue weighted by molar-refractivity contribution is 0.0697.